The summed E-state index contributed by atoms with van der Waals surface area (Å²) >= 11 is 0. The molecule has 0 unspecified atom stereocenters. The summed E-state index contributed by atoms with van der Waals surface area (Å²) < 4.78 is 5.56. The first-order valence-corrected chi connectivity index (χ1v) is 8.87. The molecule has 1 saturated carbocycles. The molecular formula is C21H21NO4. The molecule has 0 spiro atoms. The molecule has 0 saturated heterocycles. The molecule has 134 valence electrons. The van der Waals surface area contributed by atoms with E-state index < -0.39 is 17.4 Å². The van der Waals surface area contributed by atoms with Crippen molar-refractivity contribution in [2.75, 3.05) is 6.61 Å². The summed E-state index contributed by atoms with van der Waals surface area (Å²) in [5, 5.41) is 9.60. The molecule has 5 heteroatoms. The van der Waals surface area contributed by atoms with Crippen molar-refractivity contribution < 1.29 is 19.4 Å². The summed E-state index contributed by atoms with van der Waals surface area (Å²) in [6, 6.07) is 15.8. The highest BCUT2D eigenvalue weighted by Gasteiger charge is 2.52. The minimum Gasteiger partial charge on any atom is -0.480 e. The van der Waals surface area contributed by atoms with Gasteiger partial charge in [-0.3, -0.25) is 9.59 Å². The Bertz CT molecular complexity index is 832. The number of benzene rings is 2. The first kappa shape index (κ1) is 16.8. The van der Waals surface area contributed by atoms with Gasteiger partial charge in [0.1, 0.15) is 6.61 Å². The predicted molar refractivity (Wildman–Crippen MR) is 96.6 cm³/mol. The second kappa shape index (κ2) is 6.25. The number of carbonyl (C=O) groups excluding carboxylic acids is 1. The lowest BCUT2D eigenvalue weighted by Gasteiger charge is -2.23. The van der Waals surface area contributed by atoms with Gasteiger partial charge in [0.15, 0.2) is 5.41 Å². The van der Waals surface area contributed by atoms with E-state index in [9.17, 15) is 14.7 Å². The zero-order chi connectivity index (χ0) is 18.3. The van der Waals surface area contributed by atoms with E-state index in [4.69, 9.17) is 10.5 Å². The second-order valence-corrected chi connectivity index (χ2v) is 7.22. The van der Waals surface area contributed by atoms with Crippen molar-refractivity contribution in [2.24, 2.45) is 11.1 Å². The van der Waals surface area contributed by atoms with Gasteiger partial charge in [0, 0.05) is 12.0 Å². The first-order valence-electron chi connectivity index (χ1n) is 8.87. The molecule has 0 amide bonds. The number of nitrogens with two attached hydrogens (primary N) is 1. The molecule has 26 heavy (non-hydrogen) atoms. The average Bonchev–Trinajstić information content (AvgIpc) is 3.19. The number of carbonyl (C=O) groups is 2. The fourth-order valence-electron chi connectivity index (χ4n) is 4.29. The third-order valence-electron chi connectivity index (χ3n) is 5.70. The van der Waals surface area contributed by atoms with Crippen molar-refractivity contribution in [1.29, 1.82) is 0 Å². The number of hydrogen-bond acceptors (Lipinski definition) is 4. The molecule has 1 fully saturated rings. The van der Waals surface area contributed by atoms with Crippen LogP contribution in [-0.2, 0) is 14.3 Å². The van der Waals surface area contributed by atoms with Gasteiger partial charge in [-0.25, -0.2) is 0 Å². The van der Waals surface area contributed by atoms with Crippen molar-refractivity contribution in [3.8, 4) is 11.1 Å². The van der Waals surface area contributed by atoms with Crippen LogP contribution in [0.15, 0.2) is 48.5 Å². The van der Waals surface area contributed by atoms with Crippen LogP contribution < -0.4 is 5.73 Å². The third kappa shape index (κ3) is 2.51. The molecule has 0 aromatic heterocycles. The SMILES string of the molecule is N[C@H]1CC[C@@](C(=O)O)(C(=O)OCC2c3ccccc3-c3ccccc32)C1. The van der Waals surface area contributed by atoms with Crippen LogP contribution in [0, 0.1) is 5.41 Å². The Kier molecular flexibility index (Phi) is 4.04. The van der Waals surface area contributed by atoms with E-state index in [0.29, 0.717) is 6.42 Å². The third-order valence-corrected chi connectivity index (χ3v) is 5.70. The maximum atomic E-state index is 12.7. The minimum atomic E-state index is -1.50. The number of carboxylic acids is 1. The Labute approximate surface area is 151 Å². The molecule has 5 nitrogen and oxygen atoms in total. The largest absolute Gasteiger partial charge is 0.480 e. The van der Waals surface area contributed by atoms with E-state index >= 15 is 0 Å². The lowest BCUT2D eigenvalue weighted by atomic mass is 9.86. The Hall–Kier alpha value is -2.66. The van der Waals surface area contributed by atoms with Crippen molar-refractivity contribution >= 4 is 11.9 Å². The summed E-state index contributed by atoms with van der Waals surface area (Å²) in [5.74, 6) is -1.88. The molecule has 2 aromatic carbocycles. The summed E-state index contributed by atoms with van der Waals surface area (Å²) in [6.07, 6.45) is 0.898. The molecule has 2 atom stereocenters. The molecule has 0 bridgehead atoms. The second-order valence-electron chi connectivity index (χ2n) is 7.22. The van der Waals surface area contributed by atoms with Crippen molar-refractivity contribution in [1.82, 2.24) is 0 Å². The molecule has 4 rings (SSSR count). The number of rotatable bonds is 4. The van der Waals surface area contributed by atoms with Crippen LogP contribution in [0.3, 0.4) is 0 Å². The van der Waals surface area contributed by atoms with Gasteiger partial charge in [-0.1, -0.05) is 48.5 Å². The van der Waals surface area contributed by atoms with Crippen LogP contribution in [0.5, 0.6) is 0 Å². The minimum absolute atomic E-state index is 0.0766. The lowest BCUT2D eigenvalue weighted by Crippen LogP contribution is -2.40. The van der Waals surface area contributed by atoms with E-state index in [0.717, 1.165) is 22.3 Å². The van der Waals surface area contributed by atoms with Gasteiger partial charge in [-0.15, -0.1) is 0 Å². The lowest BCUT2D eigenvalue weighted by molar-refractivity contribution is -0.168. The highest BCUT2D eigenvalue weighted by atomic mass is 16.5. The summed E-state index contributed by atoms with van der Waals surface area (Å²) in [5.41, 5.74) is 8.85. The smallest absolute Gasteiger partial charge is 0.323 e. The van der Waals surface area contributed by atoms with Crippen LogP contribution in [0.1, 0.15) is 36.3 Å². The normalized spacial score (nSPS) is 24.1. The van der Waals surface area contributed by atoms with Gasteiger partial charge < -0.3 is 15.6 Å². The van der Waals surface area contributed by atoms with Crippen molar-refractivity contribution in [2.45, 2.75) is 31.2 Å². The number of esters is 1. The summed E-state index contributed by atoms with van der Waals surface area (Å²) in [6.45, 7) is 0.136. The van der Waals surface area contributed by atoms with Crippen molar-refractivity contribution in [3.05, 3.63) is 59.7 Å². The van der Waals surface area contributed by atoms with Gasteiger partial charge in [0.25, 0.3) is 0 Å². The first-order chi connectivity index (χ1) is 12.5. The van der Waals surface area contributed by atoms with E-state index in [1.54, 1.807) is 0 Å². The van der Waals surface area contributed by atoms with Crippen LogP contribution >= 0.6 is 0 Å². The van der Waals surface area contributed by atoms with Crippen LogP contribution in [-0.4, -0.2) is 29.7 Å². The van der Waals surface area contributed by atoms with Crippen molar-refractivity contribution in [3.63, 3.8) is 0 Å². The van der Waals surface area contributed by atoms with Gasteiger partial charge >= 0.3 is 11.9 Å². The van der Waals surface area contributed by atoms with E-state index in [2.05, 4.69) is 12.1 Å². The molecule has 0 aliphatic heterocycles. The Balaban J connectivity index is 1.58. The number of hydrogen-bond donors (Lipinski definition) is 2. The topological polar surface area (TPSA) is 89.6 Å². The van der Waals surface area contributed by atoms with Crippen LogP contribution in [0.2, 0.25) is 0 Å². The standard InChI is InChI=1S/C21H21NO4/c22-13-9-10-21(11-13,19(23)24)20(25)26-12-18-16-7-3-1-5-14(16)15-6-2-4-8-17(15)18/h1-8,13,18H,9-12,22H2,(H,23,24)/t13-,21+/m0/s1. The maximum absolute atomic E-state index is 12.7. The van der Waals surface area contributed by atoms with Crippen LogP contribution in [0.4, 0.5) is 0 Å². The Morgan fingerprint density at radius 3 is 2.15 bits per heavy atom. The zero-order valence-corrected chi connectivity index (χ0v) is 14.4. The molecule has 0 heterocycles. The Morgan fingerprint density at radius 1 is 1.08 bits per heavy atom. The highest BCUT2D eigenvalue weighted by molar-refractivity contribution is 5.99. The molecule has 2 aliphatic carbocycles. The van der Waals surface area contributed by atoms with E-state index in [-0.39, 0.29) is 31.4 Å². The number of fused-ring (bicyclic) bond motifs is 3. The van der Waals surface area contributed by atoms with Gasteiger partial charge in [0.05, 0.1) is 0 Å². The predicted octanol–water partition coefficient (Wildman–Crippen LogP) is 2.92. The zero-order valence-electron chi connectivity index (χ0n) is 14.4. The number of aliphatic carboxylic acids is 1. The van der Waals surface area contributed by atoms with Gasteiger partial charge in [0.2, 0.25) is 0 Å². The average molecular weight is 351 g/mol. The molecule has 2 aliphatic rings. The molecular weight excluding hydrogens is 330 g/mol. The Morgan fingerprint density at radius 2 is 1.65 bits per heavy atom. The fourth-order valence-corrected chi connectivity index (χ4v) is 4.29. The maximum Gasteiger partial charge on any atom is 0.323 e. The van der Waals surface area contributed by atoms with Crippen LogP contribution in [0.25, 0.3) is 11.1 Å². The molecule has 3 N–H and O–H groups in total. The van der Waals surface area contributed by atoms with Gasteiger partial charge in [-0.05, 0) is 41.5 Å². The van der Waals surface area contributed by atoms with E-state index in [1.165, 1.54) is 0 Å². The fraction of sp³-hybridized carbons (Fsp3) is 0.333. The number of ether oxygens (including phenoxy) is 1. The quantitative estimate of drug-likeness (QED) is 0.653. The highest BCUT2D eigenvalue weighted by Crippen LogP contribution is 2.45. The monoisotopic (exact) mass is 351 g/mol. The molecule has 0 radical (unpaired) electrons. The van der Waals surface area contributed by atoms with Gasteiger partial charge in [-0.2, -0.15) is 0 Å². The van der Waals surface area contributed by atoms with E-state index in [1.807, 2.05) is 36.4 Å². The number of carboxylic acid groups (broad SMARTS) is 1. The summed E-state index contributed by atoms with van der Waals surface area (Å²) in [4.78, 5) is 24.4. The molecule has 2 aromatic rings. The summed E-state index contributed by atoms with van der Waals surface area (Å²) in [7, 11) is 0.